The van der Waals surface area contributed by atoms with Crippen molar-refractivity contribution >= 4 is 17.7 Å². The molecule has 0 fully saturated rings. The quantitative estimate of drug-likeness (QED) is 0.277. The van der Waals surface area contributed by atoms with E-state index in [0.717, 1.165) is 64.0 Å². The summed E-state index contributed by atoms with van der Waals surface area (Å²) in [5, 5.41) is 15.2. The summed E-state index contributed by atoms with van der Waals surface area (Å²) >= 11 is 0. The van der Waals surface area contributed by atoms with Gasteiger partial charge in [-0.3, -0.25) is 4.79 Å². The summed E-state index contributed by atoms with van der Waals surface area (Å²) in [6, 6.07) is 2.94. The maximum Gasteiger partial charge on any atom is 0.394 e. The first kappa shape index (κ1) is 30.8. The van der Waals surface area contributed by atoms with Crippen LogP contribution in [0.15, 0.2) is 12.1 Å². The van der Waals surface area contributed by atoms with E-state index >= 15 is 0 Å². The number of ether oxygens (including phenoxy) is 1. The van der Waals surface area contributed by atoms with Gasteiger partial charge in [0.2, 0.25) is 5.91 Å². The number of aryl methyl sites for hydroxylation is 2. The Hall–Kier alpha value is -2.40. The molecule has 2 heterocycles. The minimum absolute atomic E-state index is 0.0810. The standard InChI is InChI=1S/C26H41F3N4O4/c1-4-37-17-16-33(14-6-5-9-20-11-10-19-8-7-13-30-23(19)31-20)15-12-21(24(35)36)32-22(34)18-25(2,3)26(27,28)29/h10-11,21H,4-9,12-18H2,1-3H3,(H,30,31)(H,32,34)(H,35,36). The number of carboxylic acids is 1. The fourth-order valence-corrected chi connectivity index (χ4v) is 4.14. The van der Waals surface area contributed by atoms with E-state index in [4.69, 9.17) is 9.72 Å². The minimum atomic E-state index is -4.57. The molecule has 0 aliphatic carbocycles. The summed E-state index contributed by atoms with van der Waals surface area (Å²) in [6.07, 6.45) is -0.559. The third-order valence-corrected chi connectivity index (χ3v) is 6.60. The van der Waals surface area contributed by atoms with Crippen LogP contribution in [-0.4, -0.2) is 78.5 Å². The van der Waals surface area contributed by atoms with Crippen LogP contribution in [0.1, 0.15) is 64.1 Å². The lowest BCUT2D eigenvalue weighted by atomic mass is 9.88. The molecule has 1 aliphatic heterocycles. The molecule has 0 spiro atoms. The highest BCUT2D eigenvalue weighted by Gasteiger charge is 2.48. The average Bonchev–Trinajstić information content (AvgIpc) is 2.82. The molecular formula is C26H41F3N4O4. The molecule has 8 nitrogen and oxygen atoms in total. The molecular weight excluding hydrogens is 489 g/mol. The van der Waals surface area contributed by atoms with Crippen molar-refractivity contribution in [2.75, 3.05) is 44.7 Å². The van der Waals surface area contributed by atoms with Crippen LogP contribution in [0.25, 0.3) is 0 Å². The Balaban J connectivity index is 1.85. The largest absolute Gasteiger partial charge is 0.480 e. The molecule has 0 bridgehead atoms. The number of fused-ring (bicyclic) bond motifs is 1. The van der Waals surface area contributed by atoms with Crippen LogP contribution in [-0.2, 0) is 27.2 Å². The molecule has 210 valence electrons. The van der Waals surface area contributed by atoms with Crippen molar-refractivity contribution in [2.45, 2.75) is 77.9 Å². The third kappa shape index (κ3) is 10.5. The number of pyridine rings is 1. The number of aromatic nitrogens is 1. The van der Waals surface area contributed by atoms with E-state index in [9.17, 15) is 27.9 Å². The number of unbranched alkanes of at least 4 members (excludes halogenated alkanes) is 1. The van der Waals surface area contributed by atoms with Gasteiger partial charge in [-0.15, -0.1) is 0 Å². The number of halogens is 3. The third-order valence-electron chi connectivity index (χ3n) is 6.60. The van der Waals surface area contributed by atoms with Gasteiger partial charge in [-0.25, -0.2) is 9.78 Å². The zero-order valence-corrected chi connectivity index (χ0v) is 22.1. The summed E-state index contributed by atoms with van der Waals surface area (Å²) < 4.78 is 44.7. The number of carboxylic acid groups (broad SMARTS) is 1. The predicted octanol–water partition coefficient (Wildman–Crippen LogP) is 4.04. The summed E-state index contributed by atoms with van der Waals surface area (Å²) in [4.78, 5) is 30.7. The van der Waals surface area contributed by atoms with E-state index in [-0.39, 0.29) is 6.42 Å². The zero-order valence-electron chi connectivity index (χ0n) is 22.1. The highest BCUT2D eigenvalue weighted by atomic mass is 19.4. The van der Waals surface area contributed by atoms with Crippen LogP contribution < -0.4 is 10.6 Å². The molecule has 1 amide bonds. The first-order valence-electron chi connectivity index (χ1n) is 13.0. The lowest BCUT2D eigenvalue weighted by molar-refractivity contribution is -0.213. The van der Waals surface area contributed by atoms with Crippen LogP contribution in [0.3, 0.4) is 0 Å². The smallest absolute Gasteiger partial charge is 0.394 e. The van der Waals surface area contributed by atoms with Crippen molar-refractivity contribution in [1.82, 2.24) is 15.2 Å². The Morgan fingerprint density at radius 2 is 1.97 bits per heavy atom. The molecule has 1 atom stereocenters. The van der Waals surface area contributed by atoms with Crippen molar-refractivity contribution in [3.63, 3.8) is 0 Å². The van der Waals surface area contributed by atoms with Gasteiger partial charge in [0.25, 0.3) is 0 Å². The molecule has 0 saturated carbocycles. The highest BCUT2D eigenvalue weighted by molar-refractivity contribution is 5.83. The van der Waals surface area contributed by atoms with Gasteiger partial charge in [0.05, 0.1) is 12.0 Å². The van der Waals surface area contributed by atoms with Crippen LogP contribution in [0, 0.1) is 5.41 Å². The molecule has 3 N–H and O–H groups in total. The lowest BCUT2D eigenvalue weighted by Crippen LogP contribution is -2.46. The van der Waals surface area contributed by atoms with E-state index in [1.807, 2.05) is 6.92 Å². The molecule has 1 aromatic rings. The van der Waals surface area contributed by atoms with Crippen molar-refractivity contribution in [3.05, 3.63) is 23.4 Å². The topological polar surface area (TPSA) is 104 Å². The number of nitrogens with one attached hydrogen (secondary N) is 2. The van der Waals surface area contributed by atoms with Gasteiger partial charge in [-0.05, 0) is 63.6 Å². The van der Waals surface area contributed by atoms with Gasteiger partial charge >= 0.3 is 12.1 Å². The number of hydrogen-bond donors (Lipinski definition) is 3. The fraction of sp³-hybridized carbons (Fsp3) is 0.731. The molecule has 2 rings (SSSR count). The highest BCUT2D eigenvalue weighted by Crippen LogP contribution is 2.40. The number of amides is 1. The van der Waals surface area contributed by atoms with E-state index in [1.165, 1.54) is 5.56 Å². The Labute approximate surface area is 217 Å². The van der Waals surface area contributed by atoms with Gasteiger partial charge in [0.1, 0.15) is 11.9 Å². The number of carbonyl (C=O) groups excluding carboxylic acids is 1. The Kier molecular flexibility index (Phi) is 12.1. The van der Waals surface area contributed by atoms with Gasteiger partial charge in [-0.1, -0.05) is 19.9 Å². The van der Waals surface area contributed by atoms with Crippen LogP contribution in [0.5, 0.6) is 0 Å². The van der Waals surface area contributed by atoms with E-state index in [0.29, 0.717) is 32.8 Å². The lowest BCUT2D eigenvalue weighted by Gasteiger charge is -2.28. The van der Waals surface area contributed by atoms with Crippen LogP contribution in [0.4, 0.5) is 19.0 Å². The van der Waals surface area contributed by atoms with Crippen molar-refractivity contribution in [2.24, 2.45) is 5.41 Å². The molecule has 1 aliphatic rings. The number of anilines is 1. The van der Waals surface area contributed by atoms with E-state index < -0.39 is 35.9 Å². The summed E-state index contributed by atoms with van der Waals surface area (Å²) in [5.41, 5.74) is 0.0377. The van der Waals surface area contributed by atoms with E-state index in [1.54, 1.807) is 0 Å². The monoisotopic (exact) mass is 530 g/mol. The first-order chi connectivity index (χ1) is 17.4. The number of rotatable bonds is 16. The molecule has 11 heteroatoms. The van der Waals surface area contributed by atoms with Gasteiger partial charge in [-0.2, -0.15) is 13.2 Å². The van der Waals surface area contributed by atoms with Crippen molar-refractivity contribution < 1.29 is 32.6 Å². The number of carbonyl (C=O) groups is 2. The number of aliphatic carboxylic acids is 1. The molecule has 0 radical (unpaired) electrons. The zero-order chi connectivity index (χ0) is 27.5. The summed E-state index contributed by atoms with van der Waals surface area (Å²) in [6.45, 7) is 7.40. The number of alkyl halides is 3. The maximum atomic E-state index is 13.1. The normalized spacial score (nSPS) is 14.7. The van der Waals surface area contributed by atoms with Gasteiger partial charge in [0, 0.05) is 38.4 Å². The minimum Gasteiger partial charge on any atom is -0.480 e. The molecule has 1 unspecified atom stereocenters. The second kappa shape index (κ2) is 14.5. The molecule has 1 aromatic heterocycles. The SMILES string of the molecule is CCOCCN(CCCCc1ccc2c(n1)NCCC2)CCC(NC(=O)CC(C)(C)C(F)(F)F)C(=O)O. The summed E-state index contributed by atoms with van der Waals surface area (Å²) in [7, 11) is 0. The second-order valence-electron chi connectivity index (χ2n) is 10.1. The van der Waals surface area contributed by atoms with Crippen molar-refractivity contribution in [3.8, 4) is 0 Å². The molecule has 0 saturated heterocycles. The molecule has 0 aromatic carbocycles. The average molecular weight is 531 g/mol. The van der Waals surface area contributed by atoms with E-state index in [2.05, 4.69) is 27.7 Å². The number of hydrogen-bond acceptors (Lipinski definition) is 6. The Morgan fingerprint density at radius 3 is 2.65 bits per heavy atom. The van der Waals surface area contributed by atoms with Crippen LogP contribution in [0.2, 0.25) is 0 Å². The summed E-state index contributed by atoms with van der Waals surface area (Å²) in [5.74, 6) is -1.22. The predicted molar refractivity (Wildman–Crippen MR) is 136 cm³/mol. The maximum absolute atomic E-state index is 13.1. The molecule has 37 heavy (non-hydrogen) atoms. The Bertz CT molecular complexity index is 880. The Morgan fingerprint density at radius 1 is 1.22 bits per heavy atom. The first-order valence-corrected chi connectivity index (χ1v) is 13.0. The van der Waals surface area contributed by atoms with Crippen LogP contribution >= 0.6 is 0 Å². The van der Waals surface area contributed by atoms with Gasteiger partial charge < -0.3 is 25.4 Å². The number of nitrogens with zero attached hydrogens (tertiary/aromatic N) is 2. The van der Waals surface area contributed by atoms with Gasteiger partial charge in [0.15, 0.2) is 0 Å². The van der Waals surface area contributed by atoms with Crippen molar-refractivity contribution in [1.29, 1.82) is 0 Å². The second-order valence-corrected chi connectivity index (χ2v) is 10.1. The fourth-order valence-electron chi connectivity index (χ4n) is 4.14.